The zero-order chi connectivity index (χ0) is 15.1. The lowest BCUT2D eigenvalue weighted by Gasteiger charge is -2.13. The quantitative estimate of drug-likeness (QED) is 0.864. The van der Waals surface area contributed by atoms with Crippen LogP contribution in [0.15, 0.2) is 36.4 Å². The van der Waals surface area contributed by atoms with Crippen molar-refractivity contribution in [3.05, 3.63) is 64.7 Å². The summed E-state index contributed by atoms with van der Waals surface area (Å²) in [5.74, 6) is -3.71. The highest BCUT2D eigenvalue weighted by atomic mass is 19.2. The standard InChI is InChI=1S/C15H9F2NO3/c16-12-5-10-11(6-13(12)17)15(21)18(14(10)20)7-8-2-1-3-9(19)4-8/h1-6,19H,7H2. The molecular weight excluding hydrogens is 280 g/mol. The first kappa shape index (κ1) is 13.2. The van der Waals surface area contributed by atoms with Gasteiger partial charge in [0.25, 0.3) is 11.8 Å². The van der Waals surface area contributed by atoms with Crippen LogP contribution in [0.25, 0.3) is 0 Å². The molecule has 106 valence electrons. The molecule has 1 N–H and O–H groups in total. The van der Waals surface area contributed by atoms with Crippen LogP contribution < -0.4 is 0 Å². The van der Waals surface area contributed by atoms with Crippen molar-refractivity contribution in [3.63, 3.8) is 0 Å². The Bertz CT molecular complexity index is 733. The van der Waals surface area contributed by atoms with Crippen molar-refractivity contribution in [2.45, 2.75) is 6.54 Å². The fraction of sp³-hybridized carbons (Fsp3) is 0.0667. The van der Waals surface area contributed by atoms with Gasteiger partial charge < -0.3 is 5.11 Å². The molecule has 2 aromatic carbocycles. The second-order valence-corrected chi connectivity index (χ2v) is 4.68. The molecule has 4 nitrogen and oxygen atoms in total. The van der Waals surface area contributed by atoms with Crippen molar-refractivity contribution in [2.24, 2.45) is 0 Å². The Morgan fingerprint density at radius 3 is 2.05 bits per heavy atom. The third-order valence-corrected chi connectivity index (χ3v) is 3.26. The Morgan fingerprint density at radius 1 is 0.952 bits per heavy atom. The Labute approximate surface area is 118 Å². The van der Waals surface area contributed by atoms with Crippen LogP contribution in [0, 0.1) is 11.6 Å². The summed E-state index contributed by atoms with van der Waals surface area (Å²) >= 11 is 0. The maximum absolute atomic E-state index is 13.2. The van der Waals surface area contributed by atoms with E-state index in [-0.39, 0.29) is 23.4 Å². The minimum atomic E-state index is -1.17. The first-order chi connectivity index (χ1) is 9.97. The fourth-order valence-corrected chi connectivity index (χ4v) is 2.26. The number of amides is 2. The molecule has 1 aliphatic heterocycles. The number of phenolic OH excluding ortho intramolecular Hbond substituents is 1. The number of benzene rings is 2. The average molecular weight is 289 g/mol. The van der Waals surface area contributed by atoms with Gasteiger partial charge in [-0.2, -0.15) is 0 Å². The van der Waals surface area contributed by atoms with Crippen molar-refractivity contribution >= 4 is 11.8 Å². The van der Waals surface area contributed by atoms with E-state index >= 15 is 0 Å². The van der Waals surface area contributed by atoms with Gasteiger partial charge in [-0.15, -0.1) is 0 Å². The van der Waals surface area contributed by atoms with E-state index in [2.05, 4.69) is 0 Å². The summed E-state index contributed by atoms with van der Waals surface area (Å²) in [4.78, 5) is 25.1. The average Bonchev–Trinajstić information content (AvgIpc) is 2.65. The van der Waals surface area contributed by atoms with Gasteiger partial charge in [-0.3, -0.25) is 14.5 Å². The summed E-state index contributed by atoms with van der Waals surface area (Å²) in [5, 5.41) is 9.38. The second kappa shape index (κ2) is 4.66. The largest absolute Gasteiger partial charge is 0.508 e. The van der Waals surface area contributed by atoms with Gasteiger partial charge in [0, 0.05) is 0 Å². The molecular formula is C15H9F2NO3. The summed E-state index contributed by atoms with van der Waals surface area (Å²) in [6.45, 7) is -0.0794. The third kappa shape index (κ3) is 2.14. The zero-order valence-electron chi connectivity index (χ0n) is 10.6. The molecule has 0 atom stereocenters. The summed E-state index contributed by atoms with van der Waals surface area (Å²) in [5.41, 5.74) is 0.226. The van der Waals surface area contributed by atoms with Crippen LogP contribution in [0.4, 0.5) is 8.78 Å². The molecule has 0 fully saturated rings. The van der Waals surface area contributed by atoms with Crippen molar-refractivity contribution in [1.29, 1.82) is 0 Å². The second-order valence-electron chi connectivity index (χ2n) is 4.68. The Kier molecular flexibility index (Phi) is 2.94. The maximum atomic E-state index is 13.2. The maximum Gasteiger partial charge on any atom is 0.261 e. The number of nitrogens with zero attached hydrogens (tertiary/aromatic N) is 1. The van der Waals surface area contributed by atoms with Crippen LogP contribution in [0.2, 0.25) is 0 Å². The first-order valence-corrected chi connectivity index (χ1v) is 6.10. The van der Waals surface area contributed by atoms with E-state index in [9.17, 15) is 23.5 Å². The summed E-state index contributed by atoms with van der Waals surface area (Å²) in [6, 6.07) is 7.52. The van der Waals surface area contributed by atoms with E-state index in [4.69, 9.17) is 0 Å². The molecule has 0 saturated heterocycles. The number of hydrogen-bond donors (Lipinski definition) is 1. The Balaban J connectivity index is 1.96. The third-order valence-electron chi connectivity index (χ3n) is 3.26. The minimum Gasteiger partial charge on any atom is -0.508 e. The number of phenols is 1. The molecule has 2 aromatic rings. The number of hydrogen-bond acceptors (Lipinski definition) is 3. The van der Waals surface area contributed by atoms with Gasteiger partial charge >= 0.3 is 0 Å². The van der Waals surface area contributed by atoms with Crippen molar-refractivity contribution in [3.8, 4) is 5.75 Å². The summed E-state index contributed by atoms with van der Waals surface area (Å²) in [6.07, 6.45) is 0. The highest BCUT2D eigenvalue weighted by Crippen LogP contribution is 2.27. The number of fused-ring (bicyclic) bond motifs is 1. The summed E-state index contributed by atoms with van der Waals surface area (Å²) in [7, 11) is 0. The lowest BCUT2D eigenvalue weighted by atomic mass is 10.1. The van der Waals surface area contributed by atoms with E-state index in [1.54, 1.807) is 12.1 Å². The number of carbonyl (C=O) groups excluding carboxylic acids is 2. The SMILES string of the molecule is O=C1c2cc(F)c(F)cc2C(=O)N1Cc1cccc(O)c1. The predicted molar refractivity (Wildman–Crippen MR) is 68.7 cm³/mol. The van der Waals surface area contributed by atoms with E-state index in [0.717, 1.165) is 17.0 Å². The number of rotatable bonds is 2. The first-order valence-electron chi connectivity index (χ1n) is 6.10. The van der Waals surface area contributed by atoms with E-state index in [1.165, 1.54) is 12.1 Å². The molecule has 21 heavy (non-hydrogen) atoms. The van der Waals surface area contributed by atoms with Gasteiger partial charge in [-0.05, 0) is 29.8 Å². The molecule has 0 bridgehead atoms. The van der Waals surface area contributed by atoms with Crippen LogP contribution in [0.1, 0.15) is 26.3 Å². The van der Waals surface area contributed by atoms with Gasteiger partial charge in [0.05, 0.1) is 17.7 Å². The van der Waals surface area contributed by atoms with Crippen LogP contribution in [-0.2, 0) is 6.54 Å². The van der Waals surface area contributed by atoms with Crippen LogP contribution >= 0.6 is 0 Å². The molecule has 3 rings (SSSR count). The van der Waals surface area contributed by atoms with Crippen LogP contribution in [-0.4, -0.2) is 21.8 Å². The van der Waals surface area contributed by atoms with E-state index in [0.29, 0.717) is 5.56 Å². The lowest BCUT2D eigenvalue weighted by molar-refractivity contribution is 0.0642. The molecule has 2 amide bonds. The molecule has 0 aromatic heterocycles. The van der Waals surface area contributed by atoms with E-state index < -0.39 is 23.4 Å². The zero-order valence-corrected chi connectivity index (χ0v) is 10.6. The Morgan fingerprint density at radius 2 is 1.52 bits per heavy atom. The molecule has 0 unspecified atom stereocenters. The van der Waals surface area contributed by atoms with Gasteiger partial charge in [0.1, 0.15) is 5.75 Å². The number of halogens is 2. The minimum absolute atomic E-state index is 0.00111. The molecule has 0 radical (unpaired) electrons. The van der Waals surface area contributed by atoms with Gasteiger partial charge in [0.15, 0.2) is 11.6 Å². The van der Waals surface area contributed by atoms with Gasteiger partial charge in [0.2, 0.25) is 0 Å². The molecule has 0 saturated carbocycles. The predicted octanol–water partition coefficient (Wildman–Crippen LogP) is 2.47. The fourth-order valence-electron chi connectivity index (χ4n) is 2.26. The number of imide groups is 1. The topological polar surface area (TPSA) is 57.6 Å². The van der Waals surface area contributed by atoms with Crippen molar-refractivity contribution in [1.82, 2.24) is 4.90 Å². The molecule has 6 heteroatoms. The molecule has 0 aliphatic carbocycles. The molecule has 1 heterocycles. The monoisotopic (exact) mass is 289 g/mol. The highest BCUT2D eigenvalue weighted by Gasteiger charge is 2.36. The van der Waals surface area contributed by atoms with Crippen molar-refractivity contribution in [2.75, 3.05) is 0 Å². The number of carbonyl (C=O) groups is 2. The highest BCUT2D eigenvalue weighted by molar-refractivity contribution is 6.21. The van der Waals surface area contributed by atoms with Gasteiger partial charge in [-0.1, -0.05) is 12.1 Å². The number of aromatic hydroxyl groups is 1. The van der Waals surface area contributed by atoms with Gasteiger partial charge in [-0.25, -0.2) is 8.78 Å². The normalized spacial score (nSPS) is 13.7. The smallest absolute Gasteiger partial charge is 0.261 e. The Hall–Kier alpha value is -2.76. The lowest BCUT2D eigenvalue weighted by Crippen LogP contribution is -2.29. The van der Waals surface area contributed by atoms with Crippen LogP contribution in [0.5, 0.6) is 5.75 Å². The molecule has 0 spiro atoms. The van der Waals surface area contributed by atoms with E-state index in [1.807, 2.05) is 0 Å². The van der Waals surface area contributed by atoms with Crippen LogP contribution in [0.3, 0.4) is 0 Å². The molecule has 1 aliphatic rings. The van der Waals surface area contributed by atoms with Crippen molar-refractivity contribution < 1.29 is 23.5 Å². The summed E-state index contributed by atoms with van der Waals surface area (Å²) < 4.78 is 26.4.